The number of carbonyl (C=O) groups is 2. The van der Waals surface area contributed by atoms with E-state index >= 15 is 0 Å². The second-order valence-corrected chi connectivity index (χ2v) is 3.98. The number of hydrogen-bond donors (Lipinski definition) is 0. The van der Waals surface area contributed by atoms with Crippen LogP contribution in [0.5, 0.6) is 0 Å². The molecule has 98 valence electrons. The number of hydrogen-bond acceptors (Lipinski definition) is 4. The maximum atomic E-state index is 11.7. The molecule has 4 heteroatoms. The minimum atomic E-state index is -0.383. The maximum absolute atomic E-state index is 11.7. The van der Waals surface area contributed by atoms with E-state index in [2.05, 4.69) is 4.74 Å². The van der Waals surface area contributed by atoms with Crippen molar-refractivity contribution >= 4 is 11.9 Å². The molecule has 0 spiro atoms. The molecular formula is C14H18O4. The van der Waals surface area contributed by atoms with E-state index in [9.17, 15) is 9.59 Å². The van der Waals surface area contributed by atoms with Gasteiger partial charge in [0.2, 0.25) is 0 Å². The molecule has 0 saturated carbocycles. The first-order valence-corrected chi connectivity index (χ1v) is 5.90. The van der Waals surface area contributed by atoms with Gasteiger partial charge >= 0.3 is 11.9 Å². The molecule has 0 fully saturated rings. The highest BCUT2D eigenvalue weighted by Crippen LogP contribution is 2.23. The van der Waals surface area contributed by atoms with Crippen LogP contribution in [-0.2, 0) is 14.3 Å². The molecule has 0 bridgehead atoms. The maximum Gasteiger partial charge on any atom is 0.337 e. The van der Waals surface area contributed by atoms with Gasteiger partial charge < -0.3 is 9.47 Å². The largest absolute Gasteiger partial charge is 0.469 e. The summed E-state index contributed by atoms with van der Waals surface area (Å²) in [5, 5.41) is 0. The van der Waals surface area contributed by atoms with Crippen LogP contribution in [0.2, 0.25) is 0 Å². The summed E-state index contributed by atoms with van der Waals surface area (Å²) in [5.41, 5.74) is 1.33. The van der Waals surface area contributed by atoms with Crippen molar-refractivity contribution in [2.75, 3.05) is 14.2 Å². The highest BCUT2D eigenvalue weighted by atomic mass is 16.5. The molecule has 0 aliphatic rings. The van der Waals surface area contributed by atoms with Crippen LogP contribution >= 0.6 is 0 Å². The lowest BCUT2D eigenvalue weighted by Crippen LogP contribution is -2.14. The third kappa shape index (κ3) is 3.32. The first-order valence-electron chi connectivity index (χ1n) is 5.90. The van der Waals surface area contributed by atoms with Gasteiger partial charge in [-0.05, 0) is 24.1 Å². The van der Waals surface area contributed by atoms with Crippen molar-refractivity contribution in [3.05, 3.63) is 35.4 Å². The first kappa shape index (κ1) is 14.2. The molecule has 0 amide bonds. The van der Waals surface area contributed by atoms with Gasteiger partial charge in [0, 0.05) is 0 Å². The van der Waals surface area contributed by atoms with Crippen molar-refractivity contribution < 1.29 is 19.1 Å². The Labute approximate surface area is 107 Å². The van der Waals surface area contributed by atoms with E-state index in [1.165, 1.54) is 14.2 Å². The van der Waals surface area contributed by atoms with Crippen LogP contribution in [0.25, 0.3) is 0 Å². The predicted molar refractivity (Wildman–Crippen MR) is 67.4 cm³/mol. The predicted octanol–water partition coefficient (Wildman–Crippen LogP) is 2.53. The molecule has 0 aliphatic carbocycles. The topological polar surface area (TPSA) is 52.6 Å². The van der Waals surface area contributed by atoms with Crippen molar-refractivity contribution in [2.45, 2.75) is 25.7 Å². The second kappa shape index (κ2) is 6.79. The molecular weight excluding hydrogens is 232 g/mol. The van der Waals surface area contributed by atoms with E-state index in [1.54, 1.807) is 24.3 Å². The SMILES string of the molecule is CCCC(C(=O)OC)c1ccc(C(=O)OC)cc1. The Kier molecular flexibility index (Phi) is 5.36. The molecule has 0 aliphatic heterocycles. The van der Waals surface area contributed by atoms with Gasteiger partial charge in [-0.15, -0.1) is 0 Å². The molecule has 0 N–H and O–H groups in total. The first-order chi connectivity index (χ1) is 8.63. The summed E-state index contributed by atoms with van der Waals surface area (Å²) < 4.78 is 9.41. The zero-order valence-corrected chi connectivity index (χ0v) is 10.9. The Morgan fingerprint density at radius 3 is 2.17 bits per heavy atom. The molecule has 1 aromatic rings. The summed E-state index contributed by atoms with van der Waals surface area (Å²) in [7, 11) is 2.72. The van der Waals surface area contributed by atoms with E-state index < -0.39 is 0 Å². The molecule has 0 aromatic heterocycles. The van der Waals surface area contributed by atoms with Crippen LogP contribution in [-0.4, -0.2) is 26.2 Å². The lowest BCUT2D eigenvalue weighted by molar-refractivity contribution is -0.142. The van der Waals surface area contributed by atoms with Gasteiger partial charge in [0.05, 0.1) is 25.7 Å². The Bertz CT molecular complexity index is 408. The molecule has 1 atom stereocenters. The summed E-state index contributed by atoms with van der Waals surface area (Å²) in [6.07, 6.45) is 1.61. The summed E-state index contributed by atoms with van der Waals surface area (Å²) in [6, 6.07) is 6.85. The van der Waals surface area contributed by atoms with E-state index in [-0.39, 0.29) is 17.9 Å². The number of rotatable bonds is 5. The molecule has 0 saturated heterocycles. The summed E-state index contributed by atoms with van der Waals surface area (Å²) >= 11 is 0. The van der Waals surface area contributed by atoms with Gasteiger partial charge in [0.15, 0.2) is 0 Å². The van der Waals surface area contributed by atoms with Crippen molar-refractivity contribution in [1.29, 1.82) is 0 Å². The van der Waals surface area contributed by atoms with Gasteiger partial charge in [-0.25, -0.2) is 4.79 Å². The number of carbonyl (C=O) groups excluding carboxylic acids is 2. The van der Waals surface area contributed by atoms with Gasteiger partial charge in [-0.2, -0.15) is 0 Å². The normalized spacial score (nSPS) is 11.7. The Morgan fingerprint density at radius 1 is 1.11 bits per heavy atom. The van der Waals surface area contributed by atoms with Crippen LogP contribution in [0.1, 0.15) is 41.6 Å². The lowest BCUT2D eigenvalue weighted by atomic mass is 9.94. The molecule has 1 aromatic carbocycles. The Hall–Kier alpha value is -1.84. The van der Waals surface area contributed by atoms with E-state index in [4.69, 9.17) is 4.74 Å². The number of benzene rings is 1. The van der Waals surface area contributed by atoms with Crippen LogP contribution in [0.3, 0.4) is 0 Å². The molecule has 0 radical (unpaired) electrons. The van der Waals surface area contributed by atoms with Crippen LogP contribution < -0.4 is 0 Å². The zero-order valence-electron chi connectivity index (χ0n) is 10.9. The third-order valence-electron chi connectivity index (χ3n) is 2.80. The minimum absolute atomic E-state index is 0.248. The van der Waals surface area contributed by atoms with Crippen molar-refractivity contribution in [3.8, 4) is 0 Å². The summed E-state index contributed by atoms with van der Waals surface area (Å²) in [6.45, 7) is 2.01. The van der Waals surface area contributed by atoms with Crippen molar-refractivity contribution in [2.24, 2.45) is 0 Å². The molecule has 1 rings (SSSR count). The standard InChI is InChI=1S/C14H18O4/c1-4-5-12(14(16)18-3)10-6-8-11(9-7-10)13(15)17-2/h6-9,12H,4-5H2,1-3H3. The fourth-order valence-electron chi connectivity index (χ4n) is 1.82. The summed E-state index contributed by atoms with van der Waals surface area (Å²) in [4.78, 5) is 23.0. The van der Waals surface area contributed by atoms with Crippen LogP contribution in [0, 0.1) is 0 Å². The highest BCUT2D eigenvalue weighted by molar-refractivity contribution is 5.89. The second-order valence-electron chi connectivity index (χ2n) is 3.98. The fourth-order valence-corrected chi connectivity index (χ4v) is 1.82. The number of esters is 2. The number of methoxy groups -OCH3 is 2. The number of ether oxygens (including phenoxy) is 2. The Balaban J connectivity index is 2.93. The smallest absolute Gasteiger partial charge is 0.337 e. The van der Waals surface area contributed by atoms with Gasteiger partial charge in [0.25, 0.3) is 0 Å². The van der Waals surface area contributed by atoms with Crippen molar-refractivity contribution in [3.63, 3.8) is 0 Å². The van der Waals surface area contributed by atoms with E-state index in [0.717, 1.165) is 18.4 Å². The fraction of sp³-hybridized carbons (Fsp3) is 0.429. The summed E-state index contributed by atoms with van der Waals surface area (Å²) in [5.74, 6) is -0.902. The van der Waals surface area contributed by atoms with Crippen LogP contribution in [0.15, 0.2) is 24.3 Å². The van der Waals surface area contributed by atoms with Crippen molar-refractivity contribution in [1.82, 2.24) is 0 Å². The van der Waals surface area contributed by atoms with E-state index in [1.807, 2.05) is 6.92 Å². The lowest BCUT2D eigenvalue weighted by Gasteiger charge is -2.14. The Morgan fingerprint density at radius 2 is 1.72 bits per heavy atom. The average Bonchev–Trinajstić information content (AvgIpc) is 2.43. The minimum Gasteiger partial charge on any atom is -0.469 e. The zero-order chi connectivity index (χ0) is 13.5. The molecule has 4 nitrogen and oxygen atoms in total. The molecule has 1 unspecified atom stereocenters. The van der Waals surface area contributed by atoms with Gasteiger partial charge in [0.1, 0.15) is 0 Å². The average molecular weight is 250 g/mol. The quantitative estimate of drug-likeness (QED) is 0.753. The van der Waals surface area contributed by atoms with E-state index in [0.29, 0.717) is 5.56 Å². The van der Waals surface area contributed by atoms with Gasteiger partial charge in [-0.1, -0.05) is 25.5 Å². The van der Waals surface area contributed by atoms with Gasteiger partial charge in [-0.3, -0.25) is 4.79 Å². The molecule has 18 heavy (non-hydrogen) atoms. The monoisotopic (exact) mass is 250 g/mol. The molecule has 0 heterocycles. The highest BCUT2D eigenvalue weighted by Gasteiger charge is 2.20. The third-order valence-corrected chi connectivity index (χ3v) is 2.80. The van der Waals surface area contributed by atoms with Crippen LogP contribution in [0.4, 0.5) is 0 Å².